The van der Waals surface area contributed by atoms with E-state index in [1.807, 2.05) is 0 Å². The molecule has 0 fully saturated rings. The Kier molecular flexibility index (Phi) is 2.44. The van der Waals surface area contributed by atoms with E-state index in [4.69, 9.17) is 10.3 Å². The Balaban J connectivity index is 2.07. The average Bonchev–Trinajstić information content (AvgIpc) is 2.77. The minimum absolute atomic E-state index is 0.0363. The first-order valence-corrected chi connectivity index (χ1v) is 6.38. The third-order valence-corrected chi connectivity index (χ3v) is 4.43. The van der Waals surface area contributed by atoms with Gasteiger partial charge in [0, 0.05) is 5.41 Å². The fourth-order valence-electron chi connectivity index (χ4n) is 3.05. The number of hydrogen-bond acceptors (Lipinski definition) is 3. The molecule has 2 N–H and O–H groups in total. The summed E-state index contributed by atoms with van der Waals surface area (Å²) < 4.78 is 5.03. The summed E-state index contributed by atoms with van der Waals surface area (Å²) in [4.78, 5) is 0. The van der Waals surface area contributed by atoms with E-state index in [0.717, 1.165) is 18.5 Å². The SMILES string of the molecule is CC1Cc2ccccc2CC1(C)c1nocc1N. The van der Waals surface area contributed by atoms with Crippen molar-refractivity contribution in [2.75, 3.05) is 5.73 Å². The molecule has 0 saturated heterocycles. The number of anilines is 1. The highest BCUT2D eigenvalue weighted by Gasteiger charge is 2.41. The molecule has 3 rings (SSSR count). The Morgan fingerprint density at radius 1 is 1.33 bits per heavy atom. The summed E-state index contributed by atoms with van der Waals surface area (Å²) in [5.74, 6) is 0.500. The number of benzene rings is 1. The zero-order valence-electron chi connectivity index (χ0n) is 10.8. The molecule has 0 radical (unpaired) electrons. The van der Waals surface area contributed by atoms with Gasteiger partial charge in [-0.25, -0.2) is 0 Å². The molecule has 1 aliphatic carbocycles. The van der Waals surface area contributed by atoms with Crippen LogP contribution in [0.25, 0.3) is 0 Å². The van der Waals surface area contributed by atoms with Crippen LogP contribution in [0.4, 0.5) is 5.69 Å². The van der Waals surface area contributed by atoms with Crippen LogP contribution in [0.2, 0.25) is 0 Å². The third-order valence-electron chi connectivity index (χ3n) is 4.43. The predicted molar refractivity (Wildman–Crippen MR) is 71.3 cm³/mol. The highest BCUT2D eigenvalue weighted by Crippen LogP contribution is 2.43. The van der Waals surface area contributed by atoms with Crippen molar-refractivity contribution in [1.82, 2.24) is 5.16 Å². The molecule has 0 aliphatic heterocycles. The maximum absolute atomic E-state index is 5.98. The Morgan fingerprint density at radius 2 is 2.06 bits per heavy atom. The summed E-state index contributed by atoms with van der Waals surface area (Å²) in [6.07, 6.45) is 3.58. The first-order chi connectivity index (χ1) is 8.61. The van der Waals surface area contributed by atoms with Gasteiger partial charge < -0.3 is 10.3 Å². The fraction of sp³-hybridized carbons (Fsp3) is 0.400. The third kappa shape index (κ3) is 1.54. The van der Waals surface area contributed by atoms with E-state index in [-0.39, 0.29) is 5.41 Å². The summed E-state index contributed by atoms with van der Waals surface area (Å²) in [7, 11) is 0. The molecule has 1 aliphatic rings. The van der Waals surface area contributed by atoms with Gasteiger partial charge in [-0.05, 0) is 29.9 Å². The summed E-state index contributed by atoms with van der Waals surface area (Å²) in [6.45, 7) is 4.51. The summed E-state index contributed by atoms with van der Waals surface area (Å²) in [6, 6.07) is 8.63. The zero-order valence-corrected chi connectivity index (χ0v) is 10.8. The van der Waals surface area contributed by atoms with Gasteiger partial charge in [0.2, 0.25) is 0 Å². The van der Waals surface area contributed by atoms with Crippen LogP contribution >= 0.6 is 0 Å². The van der Waals surface area contributed by atoms with Crippen molar-refractivity contribution in [2.45, 2.75) is 32.1 Å². The largest absolute Gasteiger partial charge is 0.395 e. The topological polar surface area (TPSA) is 52.0 Å². The number of rotatable bonds is 1. The standard InChI is InChI=1S/C15H18N2O/c1-10-7-11-5-3-4-6-12(11)8-15(10,2)14-13(16)9-18-17-14/h3-6,9-10H,7-8,16H2,1-2H3. The predicted octanol–water partition coefficient (Wildman–Crippen LogP) is 2.95. The minimum Gasteiger partial charge on any atom is -0.395 e. The summed E-state index contributed by atoms with van der Waals surface area (Å²) in [5, 5.41) is 4.13. The summed E-state index contributed by atoms with van der Waals surface area (Å²) >= 11 is 0. The second-order valence-electron chi connectivity index (χ2n) is 5.59. The zero-order chi connectivity index (χ0) is 12.8. The number of nitrogens with zero attached hydrogens (tertiary/aromatic N) is 1. The first kappa shape index (κ1) is 11.3. The van der Waals surface area contributed by atoms with Gasteiger partial charge >= 0.3 is 0 Å². The highest BCUT2D eigenvalue weighted by atomic mass is 16.5. The molecule has 3 heteroatoms. The molecule has 18 heavy (non-hydrogen) atoms. The molecule has 1 heterocycles. The van der Waals surface area contributed by atoms with Crippen molar-refractivity contribution < 1.29 is 4.52 Å². The number of nitrogens with two attached hydrogens (primary N) is 1. The molecule has 94 valence electrons. The summed E-state index contributed by atoms with van der Waals surface area (Å²) in [5.41, 5.74) is 10.4. The smallest absolute Gasteiger partial charge is 0.147 e. The minimum atomic E-state index is -0.0363. The van der Waals surface area contributed by atoms with Crippen LogP contribution in [0.5, 0.6) is 0 Å². The maximum Gasteiger partial charge on any atom is 0.147 e. The van der Waals surface area contributed by atoms with Crippen molar-refractivity contribution in [3.63, 3.8) is 0 Å². The van der Waals surface area contributed by atoms with E-state index >= 15 is 0 Å². The monoisotopic (exact) mass is 242 g/mol. The number of nitrogen functional groups attached to an aromatic ring is 1. The average molecular weight is 242 g/mol. The van der Waals surface area contributed by atoms with Crippen LogP contribution in [0.1, 0.15) is 30.7 Å². The molecule has 3 nitrogen and oxygen atoms in total. The lowest BCUT2D eigenvalue weighted by molar-refractivity contribution is 0.268. The molecular formula is C15H18N2O. The molecule has 2 atom stereocenters. The Hall–Kier alpha value is -1.77. The molecule has 0 spiro atoms. The van der Waals surface area contributed by atoms with E-state index in [0.29, 0.717) is 11.6 Å². The fourth-order valence-corrected chi connectivity index (χ4v) is 3.05. The van der Waals surface area contributed by atoms with E-state index in [2.05, 4.69) is 43.3 Å². The molecule has 0 bridgehead atoms. The van der Waals surface area contributed by atoms with Gasteiger partial charge in [0.1, 0.15) is 12.0 Å². The normalized spacial score (nSPS) is 26.9. The molecular weight excluding hydrogens is 224 g/mol. The number of aromatic nitrogens is 1. The number of fused-ring (bicyclic) bond motifs is 1. The van der Waals surface area contributed by atoms with E-state index in [1.165, 1.54) is 17.4 Å². The van der Waals surface area contributed by atoms with E-state index < -0.39 is 0 Å². The lowest BCUT2D eigenvalue weighted by Gasteiger charge is -2.39. The second kappa shape index (κ2) is 3.87. The molecule has 0 amide bonds. The van der Waals surface area contributed by atoms with Crippen LogP contribution in [-0.2, 0) is 18.3 Å². The highest BCUT2D eigenvalue weighted by molar-refractivity contribution is 5.47. The molecule has 1 aromatic carbocycles. The van der Waals surface area contributed by atoms with Gasteiger partial charge in [-0.3, -0.25) is 0 Å². The number of hydrogen-bond donors (Lipinski definition) is 1. The van der Waals surface area contributed by atoms with Gasteiger partial charge in [0.05, 0.1) is 5.69 Å². The maximum atomic E-state index is 5.98. The van der Waals surface area contributed by atoms with Crippen LogP contribution in [0.3, 0.4) is 0 Å². The quantitative estimate of drug-likeness (QED) is 0.836. The lowest BCUT2D eigenvalue weighted by atomic mass is 9.64. The molecule has 2 unspecified atom stereocenters. The first-order valence-electron chi connectivity index (χ1n) is 6.38. The van der Waals surface area contributed by atoms with Crippen LogP contribution in [0.15, 0.2) is 35.1 Å². The van der Waals surface area contributed by atoms with Crippen molar-refractivity contribution in [1.29, 1.82) is 0 Å². The Labute approximate surface area is 107 Å². The molecule has 2 aromatic rings. The van der Waals surface area contributed by atoms with Crippen LogP contribution < -0.4 is 5.73 Å². The van der Waals surface area contributed by atoms with Crippen molar-refractivity contribution in [3.05, 3.63) is 47.3 Å². The molecule has 1 aromatic heterocycles. The van der Waals surface area contributed by atoms with Gasteiger partial charge in [-0.1, -0.05) is 43.3 Å². The second-order valence-corrected chi connectivity index (χ2v) is 5.59. The van der Waals surface area contributed by atoms with Gasteiger partial charge in [-0.2, -0.15) is 0 Å². The lowest BCUT2D eigenvalue weighted by Crippen LogP contribution is -2.38. The Morgan fingerprint density at radius 3 is 2.72 bits per heavy atom. The van der Waals surface area contributed by atoms with Crippen molar-refractivity contribution in [3.8, 4) is 0 Å². The molecule has 0 saturated carbocycles. The van der Waals surface area contributed by atoms with Gasteiger partial charge in [0.15, 0.2) is 0 Å². The van der Waals surface area contributed by atoms with Crippen molar-refractivity contribution >= 4 is 5.69 Å². The van der Waals surface area contributed by atoms with Crippen molar-refractivity contribution in [2.24, 2.45) is 5.92 Å². The van der Waals surface area contributed by atoms with E-state index in [1.54, 1.807) is 0 Å². The van der Waals surface area contributed by atoms with Gasteiger partial charge in [0.25, 0.3) is 0 Å². The van der Waals surface area contributed by atoms with Crippen LogP contribution in [-0.4, -0.2) is 5.16 Å². The van der Waals surface area contributed by atoms with Crippen LogP contribution in [0, 0.1) is 5.92 Å². The van der Waals surface area contributed by atoms with E-state index in [9.17, 15) is 0 Å². The Bertz CT molecular complexity index is 575. The van der Waals surface area contributed by atoms with Gasteiger partial charge in [-0.15, -0.1) is 0 Å².